The zero-order valence-corrected chi connectivity index (χ0v) is 18.1. The Morgan fingerprint density at radius 2 is 1.84 bits per heavy atom. The summed E-state index contributed by atoms with van der Waals surface area (Å²) in [6.07, 6.45) is 3.13. The second-order valence-corrected chi connectivity index (χ2v) is 9.45. The molecule has 0 aliphatic carbocycles. The molecule has 0 spiro atoms. The first-order valence-corrected chi connectivity index (χ1v) is 11.7. The molecule has 0 fully saturated rings. The number of fused-ring (bicyclic) bond motifs is 1. The fourth-order valence-corrected chi connectivity index (χ4v) is 4.30. The number of nitrogens with zero attached hydrogens (tertiary/aromatic N) is 3. The van der Waals surface area contributed by atoms with Crippen LogP contribution in [-0.2, 0) is 23.0 Å². The molecule has 1 aromatic heterocycles. The second kappa shape index (κ2) is 8.44. The Labute approximate surface area is 181 Å². The summed E-state index contributed by atoms with van der Waals surface area (Å²) in [7, 11) is -3.28. The molecule has 0 radical (unpaired) electrons. The molecule has 160 valence electrons. The lowest BCUT2D eigenvalue weighted by Gasteiger charge is -2.27. The zero-order valence-electron chi connectivity index (χ0n) is 17.3. The van der Waals surface area contributed by atoms with Crippen molar-refractivity contribution >= 4 is 33.1 Å². The highest BCUT2D eigenvalue weighted by Crippen LogP contribution is 2.27. The minimum Gasteiger partial charge on any atom is -0.340 e. The topological polar surface area (TPSA) is 104 Å². The molecule has 1 aliphatic heterocycles. The van der Waals surface area contributed by atoms with Gasteiger partial charge in [-0.15, -0.1) is 0 Å². The maximum absolute atomic E-state index is 12.8. The summed E-state index contributed by atoms with van der Waals surface area (Å²) in [4.78, 5) is 21.4. The molecule has 0 saturated heterocycles. The Bertz CT molecular complexity index is 1230. The standard InChI is InChI=1S/C22H23N5O3S/c1-15-8-9-17(12-19(15)22(28)26-16-6-4-3-5-7-16)25-21-18-10-11-27(31(2,29)30)13-20(18)23-14-24-21/h3-9,12,14H,10-11,13H2,1-2H3,(H,26,28)(H,23,24,25). The second-order valence-electron chi connectivity index (χ2n) is 7.47. The van der Waals surface area contributed by atoms with Crippen LogP contribution < -0.4 is 10.6 Å². The Balaban J connectivity index is 1.57. The van der Waals surface area contributed by atoms with Crippen molar-refractivity contribution in [2.24, 2.45) is 0 Å². The number of rotatable bonds is 5. The van der Waals surface area contributed by atoms with E-state index in [1.807, 2.05) is 49.4 Å². The number of anilines is 3. The summed E-state index contributed by atoms with van der Waals surface area (Å²) in [6, 6.07) is 14.8. The number of aromatic nitrogens is 2. The van der Waals surface area contributed by atoms with Gasteiger partial charge >= 0.3 is 0 Å². The fraction of sp³-hybridized carbons (Fsp3) is 0.227. The summed E-state index contributed by atoms with van der Waals surface area (Å²) in [5.41, 5.74) is 4.43. The van der Waals surface area contributed by atoms with Gasteiger partial charge in [0.2, 0.25) is 10.0 Å². The summed E-state index contributed by atoms with van der Waals surface area (Å²) < 4.78 is 25.1. The quantitative estimate of drug-likeness (QED) is 0.636. The van der Waals surface area contributed by atoms with E-state index in [0.717, 1.165) is 22.5 Å². The van der Waals surface area contributed by atoms with Crippen molar-refractivity contribution in [1.82, 2.24) is 14.3 Å². The van der Waals surface area contributed by atoms with Gasteiger partial charge in [-0.1, -0.05) is 24.3 Å². The Morgan fingerprint density at radius 3 is 2.58 bits per heavy atom. The highest BCUT2D eigenvalue weighted by Gasteiger charge is 2.26. The highest BCUT2D eigenvalue weighted by molar-refractivity contribution is 7.88. The molecule has 9 heteroatoms. The van der Waals surface area contributed by atoms with Crippen LogP contribution in [0.5, 0.6) is 0 Å². The number of aryl methyl sites for hydroxylation is 1. The van der Waals surface area contributed by atoms with E-state index in [1.54, 1.807) is 6.07 Å². The number of carbonyl (C=O) groups excluding carboxylic acids is 1. The number of carbonyl (C=O) groups is 1. The van der Waals surface area contributed by atoms with Crippen molar-refractivity contribution in [1.29, 1.82) is 0 Å². The van der Waals surface area contributed by atoms with E-state index in [9.17, 15) is 13.2 Å². The molecule has 0 saturated carbocycles. The molecule has 0 atom stereocenters. The van der Waals surface area contributed by atoms with Crippen LogP contribution in [0.1, 0.15) is 27.2 Å². The van der Waals surface area contributed by atoms with Gasteiger partial charge in [-0.2, -0.15) is 4.31 Å². The maximum atomic E-state index is 12.8. The van der Waals surface area contributed by atoms with Gasteiger partial charge in [-0.05, 0) is 43.2 Å². The molecule has 31 heavy (non-hydrogen) atoms. The SMILES string of the molecule is Cc1ccc(Nc2ncnc3c2CCN(S(C)(=O)=O)C3)cc1C(=O)Nc1ccccc1. The molecule has 1 amide bonds. The molecule has 3 aromatic rings. The van der Waals surface area contributed by atoms with Gasteiger partial charge in [0.1, 0.15) is 12.1 Å². The molecule has 2 N–H and O–H groups in total. The third-order valence-corrected chi connectivity index (χ3v) is 6.47. The zero-order chi connectivity index (χ0) is 22.0. The summed E-state index contributed by atoms with van der Waals surface area (Å²) in [5, 5.41) is 6.18. The van der Waals surface area contributed by atoms with E-state index in [-0.39, 0.29) is 12.5 Å². The lowest BCUT2D eigenvalue weighted by atomic mass is 10.1. The number of sulfonamides is 1. The Kier molecular flexibility index (Phi) is 5.71. The van der Waals surface area contributed by atoms with Crippen molar-refractivity contribution in [2.45, 2.75) is 19.9 Å². The molecular formula is C22H23N5O3S. The third-order valence-electron chi connectivity index (χ3n) is 5.22. The first-order valence-electron chi connectivity index (χ1n) is 9.83. The number of hydrogen-bond donors (Lipinski definition) is 2. The van der Waals surface area contributed by atoms with Crippen molar-refractivity contribution in [2.75, 3.05) is 23.4 Å². The number of amides is 1. The molecule has 2 heterocycles. The summed E-state index contributed by atoms with van der Waals surface area (Å²) in [6.45, 7) is 2.49. The van der Waals surface area contributed by atoms with Crippen molar-refractivity contribution in [3.63, 3.8) is 0 Å². The minimum absolute atomic E-state index is 0.194. The number of nitrogens with one attached hydrogen (secondary N) is 2. The van der Waals surface area contributed by atoms with Crippen molar-refractivity contribution in [3.05, 3.63) is 77.2 Å². The van der Waals surface area contributed by atoms with Crippen LogP contribution in [0, 0.1) is 6.92 Å². The van der Waals surface area contributed by atoms with Crippen LogP contribution >= 0.6 is 0 Å². The van der Waals surface area contributed by atoms with Crippen molar-refractivity contribution in [3.8, 4) is 0 Å². The fourth-order valence-electron chi connectivity index (χ4n) is 3.52. The predicted octanol–water partition coefficient (Wildman–Crippen LogP) is 3.10. The molecule has 1 aliphatic rings. The predicted molar refractivity (Wildman–Crippen MR) is 120 cm³/mol. The smallest absolute Gasteiger partial charge is 0.256 e. The van der Waals surface area contributed by atoms with Gasteiger partial charge in [0.05, 0.1) is 18.5 Å². The van der Waals surface area contributed by atoms with Gasteiger partial charge in [0.15, 0.2) is 0 Å². The lowest BCUT2D eigenvalue weighted by molar-refractivity contribution is 0.102. The third kappa shape index (κ3) is 4.73. The lowest BCUT2D eigenvalue weighted by Crippen LogP contribution is -2.36. The molecule has 8 nitrogen and oxygen atoms in total. The van der Waals surface area contributed by atoms with E-state index in [1.165, 1.54) is 16.9 Å². The number of benzene rings is 2. The summed E-state index contributed by atoms with van der Waals surface area (Å²) >= 11 is 0. The first kappa shape index (κ1) is 21.0. The van der Waals surface area contributed by atoms with Gasteiger partial charge < -0.3 is 10.6 Å². The first-order chi connectivity index (χ1) is 14.8. The Hall–Kier alpha value is -3.30. The molecule has 2 aromatic carbocycles. The van der Waals surface area contributed by atoms with E-state index in [0.29, 0.717) is 30.0 Å². The Morgan fingerprint density at radius 1 is 1.06 bits per heavy atom. The average Bonchev–Trinajstić information content (AvgIpc) is 2.75. The minimum atomic E-state index is -3.28. The summed E-state index contributed by atoms with van der Waals surface area (Å²) in [5.74, 6) is 0.428. The molecular weight excluding hydrogens is 414 g/mol. The van der Waals surface area contributed by atoms with Crippen LogP contribution in [0.25, 0.3) is 0 Å². The van der Waals surface area contributed by atoms with Crippen LogP contribution in [0.4, 0.5) is 17.2 Å². The average molecular weight is 438 g/mol. The van der Waals surface area contributed by atoms with Crippen LogP contribution in [0.3, 0.4) is 0 Å². The number of hydrogen-bond acceptors (Lipinski definition) is 6. The van der Waals surface area contributed by atoms with Gasteiger partial charge in [0.25, 0.3) is 5.91 Å². The monoisotopic (exact) mass is 437 g/mol. The van der Waals surface area contributed by atoms with Crippen LogP contribution in [0.2, 0.25) is 0 Å². The van der Waals surface area contributed by atoms with E-state index in [4.69, 9.17) is 0 Å². The van der Waals surface area contributed by atoms with Crippen molar-refractivity contribution < 1.29 is 13.2 Å². The molecule has 4 rings (SSSR count). The van der Waals surface area contributed by atoms with E-state index < -0.39 is 10.0 Å². The van der Waals surface area contributed by atoms with Gasteiger partial charge in [-0.3, -0.25) is 4.79 Å². The van der Waals surface area contributed by atoms with E-state index in [2.05, 4.69) is 20.6 Å². The van der Waals surface area contributed by atoms with E-state index >= 15 is 0 Å². The van der Waals surface area contributed by atoms with Crippen LogP contribution in [0.15, 0.2) is 54.9 Å². The van der Waals surface area contributed by atoms with Gasteiger partial charge in [-0.25, -0.2) is 18.4 Å². The van der Waals surface area contributed by atoms with Gasteiger partial charge in [0, 0.05) is 29.0 Å². The number of para-hydroxylation sites is 1. The maximum Gasteiger partial charge on any atom is 0.256 e. The normalized spacial score (nSPS) is 14.0. The molecule has 0 unspecified atom stereocenters. The van der Waals surface area contributed by atoms with Crippen LogP contribution in [-0.4, -0.2) is 41.4 Å². The highest BCUT2D eigenvalue weighted by atomic mass is 32.2. The largest absolute Gasteiger partial charge is 0.340 e. The molecule has 0 bridgehead atoms.